The Labute approximate surface area is 425 Å². The lowest BCUT2D eigenvalue weighted by Crippen LogP contribution is -2.31. The topological polar surface area (TPSA) is 171 Å². The standard InChI is InChI=1S/C30H26FNO3.C17H15FN2O.C11H11NO3.CH3.BH4/c1-19-15-25-26(16-20(19)2)32-14-11-27(25)35-24-9-5-22(6-10-24)18-29(34)30(12-13-30)28(33)17-21-3-7-23(31)8-4-21;1-10-7-13-15(8-11(10)2)20-6-5-16(13)21-17-4-3-12(19)9-14(17)18;13-9(11(6-7-11)10(14)15)12-8-4-2-1-3-5-8;;/h3-11,14-16H,12-13,17-18H2,1-2H3;3-9H,19H2,1-2H3;1-5H,6-7H2,(H,12,13)(H,14,15);1H3;1H4/q;;;2*-1. The lowest BCUT2D eigenvalue weighted by molar-refractivity contribution is -0.147. The van der Waals surface area contributed by atoms with E-state index in [-0.39, 0.29) is 51.8 Å². The van der Waals surface area contributed by atoms with Gasteiger partial charge in [-0.25, -0.2) is 8.78 Å². The van der Waals surface area contributed by atoms with Crippen LogP contribution in [-0.4, -0.2) is 46.9 Å². The Morgan fingerprint density at radius 2 is 1.08 bits per heavy atom. The average molecular weight is 985 g/mol. The van der Waals surface area contributed by atoms with E-state index >= 15 is 0 Å². The van der Waals surface area contributed by atoms with Gasteiger partial charge in [0.2, 0.25) is 5.91 Å². The van der Waals surface area contributed by atoms with E-state index in [0.717, 1.165) is 49.8 Å². The maximum atomic E-state index is 13.9. The highest BCUT2D eigenvalue weighted by molar-refractivity contribution is 6.11. The molecule has 2 aromatic heterocycles. The number of para-hydroxylation sites is 1. The quantitative estimate of drug-likeness (QED) is 0.0437. The predicted octanol–water partition coefficient (Wildman–Crippen LogP) is 11.3. The van der Waals surface area contributed by atoms with Gasteiger partial charge in [-0.3, -0.25) is 29.1 Å². The molecule has 14 heteroatoms. The highest BCUT2D eigenvalue weighted by atomic mass is 19.1. The number of nitrogens with one attached hydrogen (secondary N) is 1. The van der Waals surface area contributed by atoms with Gasteiger partial charge in [0.1, 0.15) is 28.5 Å². The monoisotopic (exact) mass is 984 g/mol. The van der Waals surface area contributed by atoms with Crippen LogP contribution >= 0.6 is 0 Å². The number of Topliss-reactive ketones (excluding diaryl/α,β-unsaturated/α-hetero) is 2. The number of hydrogen-bond acceptors (Lipinski definition) is 9. The fourth-order valence-corrected chi connectivity index (χ4v) is 8.04. The summed E-state index contributed by atoms with van der Waals surface area (Å²) in [6, 6.07) is 38.3. The maximum absolute atomic E-state index is 13.9. The molecule has 1 amide bonds. The summed E-state index contributed by atoms with van der Waals surface area (Å²) in [6.07, 6.45) is 5.77. The molecule has 0 radical (unpaired) electrons. The molecule has 376 valence electrons. The summed E-state index contributed by atoms with van der Waals surface area (Å²) in [5, 5.41) is 13.3. The number of carboxylic acids is 1. The lowest BCUT2D eigenvalue weighted by Gasteiger charge is -2.14. The predicted molar refractivity (Wildman–Crippen MR) is 287 cm³/mol. The molecule has 0 unspecified atom stereocenters. The third-order valence-corrected chi connectivity index (χ3v) is 13.0. The molecular formula is C59H59BF2N4O7-2. The van der Waals surface area contributed by atoms with Crippen molar-refractivity contribution >= 4 is 65.0 Å². The number of nitrogens with zero attached hydrogens (tertiary/aromatic N) is 2. The van der Waals surface area contributed by atoms with E-state index in [4.69, 9.17) is 20.3 Å². The first kappa shape index (κ1) is 54.1. The van der Waals surface area contributed by atoms with Crippen molar-refractivity contribution < 1.29 is 42.5 Å². The molecule has 0 spiro atoms. The van der Waals surface area contributed by atoms with Crippen molar-refractivity contribution in [2.45, 2.75) is 66.2 Å². The number of ketones is 2. The first-order chi connectivity index (χ1) is 34.0. The third kappa shape index (κ3) is 12.6. The van der Waals surface area contributed by atoms with Gasteiger partial charge in [-0.1, -0.05) is 50.9 Å². The second kappa shape index (κ2) is 22.9. The fraction of sp³-hybridized carbons (Fsp3) is 0.203. The molecule has 0 bridgehead atoms. The van der Waals surface area contributed by atoms with Crippen LogP contribution in [0.25, 0.3) is 21.8 Å². The summed E-state index contributed by atoms with van der Waals surface area (Å²) in [6.45, 7) is 8.18. The number of carbonyl (C=O) groups excluding carboxylic acids is 3. The van der Waals surface area contributed by atoms with E-state index < -0.39 is 28.5 Å². The molecule has 2 aliphatic carbocycles. The molecule has 2 fully saturated rings. The van der Waals surface area contributed by atoms with Gasteiger partial charge in [0.25, 0.3) is 0 Å². The van der Waals surface area contributed by atoms with Gasteiger partial charge in [0.15, 0.2) is 23.1 Å². The number of amides is 1. The number of aromatic nitrogens is 2. The summed E-state index contributed by atoms with van der Waals surface area (Å²) in [4.78, 5) is 57.2. The molecule has 0 aliphatic heterocycles. The minimum Gasteiger partial charge on any atom is -0.480 e. The second-order valence-corrected chi connectivity index (χ2v) is 18.2. The Hall–Kier alpha value is -8.26. The van der Waals surface area contributed by atoms with Crippen molar-refractivity contribution in [1.82, 2.24) is 9.97 Å². The third-order valence-electron chi connectivity index (χ3n) is 13.0. The average Bonchev–Trinajstić information content (AvgIpc) is 4.29. The van der Waals surface area contributed by atoms with Crippen molar-refractivity contribution in [2.75, 3.05) is 11.1 Å². The molecule has 0 saturated heterocycles. The summed E-state index contributed by atoms with van der Waals surface area (Å²) in [7, 11) is 0. The number of hydrogen-bond donors (Lipinski definition) is 3. The Kier molecular flexibility index (Phi) is 16.9. The van der Waals surface area contributed by atoms with Gasteiger partial charge in [-0.15, -0.1) is 0 Å². The lowest BCUT2D eigenvalue weighted by atomic mass is 9.88. The van der Waals surface area contributed by atoms with Crippen LogP contribution in [0.4, 0.5) is 20.2 Å². The van der Waals surface area contributed by atoms with Crippen molar-refractivity contribution in [3.8, 4) is 23.0 Å². The van der Waals surface area contributed by atoms with Crippen molar-refractivity contribution in [3.05, 3.63) is 198 Å². The molecule has 4 N–H and O–H groups in total. The van der Waals surface area contributed by atoms with E-state index in [1.54, 1.807) is 60.9 Å². The Morgan fingerprint density at radius 1 is 0.603 bits per heavy atom. The number of carbonyl (C=O) groups is 4. The normalized spacial score (nSPS) is 13.3. The zero-order valence-corrected chi connectivity index (χ0v) is 40.7. The van der Waals surface area contributed by atoms with Crippen LogP contribution in [0.15, 0.2) is 146 Å². The van der Waals surface area contributed by atoms with Crippen molar-refractivity contribution in [3.63, 3.8) is 0 Å². The summed E-state index contributed by atoms with van der Waals surface area (Å²) in [5.74, 6) is -0.282. The molecule has 2 saturated carbocycles. The summed E-state index contributed by atoms with van der Waals surface area (Å²) < 4.78 is 38.8. The number of aliphatic carboxylic acids is 1. The van der Waals surface area contributed by atoms with Gasteiger partial charge in [0, 0.05) is 53.4 Å². The summed E-state index contributed by atoms with van der Waals surface area (Å²) in [5.41, 5.74) is 12.4. The molecule has 0 atom stereocenters. The van der Waals surface area contributed by atoms with Crippen LogP contribution in [0.2, 0.25) is 0 Å². The number of aryl methyl sites for hydroxylation is 4. The Morgan fingerprint density at radius 3 is 1.56 bits per heavy atom. The second-order valence-electron chi connectivity index (χ2n) is 18.2. The van der Waals surface area contributed by atoms with E-state index in [0.29, 0.717) is 48.6 Å². The number of pyridine rings is 2. The number of nitrogen functional groups attached to an aromatic ring is 1. The molecule has 2 aliphatic rings. The smallest absolute Gasteiger partial charge is 0.319 e. The number of carboxylic acid groups (broad SMARTS) is 1. The highest BCUT2D eigenvalue weighted by Crippen LogP contribution is 2.49. The van der Waals surface area contributed by atoms with Gasteiger partial charge in [-0.2, -0.15) is 0 Å². The number of ether oxygens (including phenoxy) is 2. The van der Waals surface area contributed by atoms with Gasteiger partial charge in [0.05, 0.1) is 16.4 Å². The molecule has 2 heterocycles. The zero-order chi connectivity index (χ0) is 50.5. The molecule has 73 heavy (non-hydrogen) atoms. The van der Waals surface area contributed by atoms with Gasteiger partial charge < -0.3 is 33.1 Å². The van der Waals surface area contributed by atoms with Crippen molar-refractivity contribution in [2.24, 2.45) is 10.8 Å². The van der Waals surface area contributed by atoms with E-state index in [9.17, 15) is 28.0 Å². The minimum absolute atomic E-state index is 0. The minimum atomic E-state index is -1.17. The molecule has 10 rings (SSSR count). The van der Waals surface area contributed by atoms with Crippen LogP contribution in [0.3, 0.4) is 0 Å². The zero-order valence-electron chi connectivity index (χ0n) is 40.7. The van der Waals surface area contributed by atoms with Gasteiger partial charge >= 0.3 is 5.97 Å². The molecule has 11 nitrogen and oxygen atoms in total. The highest BCUT2D eigenvalue weighted by Gasteiger charge is 2.57. The SMILES string of the molecule is Cc1cc2nccc(Oc3ccc(CC(=O)C4(C(=O)Cc5ccc(F)cc5)CC4)cc3)c2cc1C.Cc1cc2nccc(Oc3ccc(N)cc3F)c2cc1C.O=C(O)C1(C(=O)Nc2ccccc2)CC1.[BH4-].[CH3-]. The fourth-order valence-electron chi connectivity index (χ4n) is 8.04. The van der Waals surface area contributed by atoms with E-state index in [1.165, 1.54) is 35.4 Å². The molecule has 8 aromatic rings. The Bertz CT molecular complexity index is 3310. The van der Waals surface area contributed by atoms with Crippen LogP contribution < -0.4 is 20.5 Å². The van der Waals surface area contributed by atoms with E-state index in [2.05, 4.69) is 41.3 Å². The summed E-state index contributed by atoms with van der Waals surface area (Å²) >= 11 is 0. The first-order valence-electron chi connectivity index (χ1n) is 23.2. The number of halogens is 2. The maximum Gasteiger partial charge on any atom is 0.319 e. The van der Waals surface area contributed by atoms with Crippen molar-refractivity contribution in [1.29, 1.82) is 0 Å². The molecular weight excluding hydrogens is 925 g/mol. The number of benzene rings is 6. The number of fused-ring (bicyclic) bond motifs is 2. The molecule has 6 aromatic carbocycles. The number of anilines is 2. The first-order valence-corrected chi connectivity index (χ1v) is 23.2. The van der Waals surface area contributed by atoms with E-state index in [1.807, 2.05) is 62.4 Å². The van der Waals surface area contributed by atoms with Crippen LogP contribution in [0.5, 0.6) is 23.0 Å². The number of rotatable bonds is 13. The van der Waals surface area contributed by atoms with Crippen LogP contribution in [-0.2, 0) is 32.0 Å². The largest absolute Gasteiger partial charge is 0.480 e. The van der Waals surface area contributed by atoms with Gasteiger partial charge in [-0.05, 0) is 172 Å². The Balaban J connectivity index is 0.000000194. The van der Waals surface area contributed by atoms with Crippen LogP contribution in [0.1, 0.15) is 59.1 Å². The van der Waals surface area contributed by atoms with Crippen LogP contribution in [0, 0.1) is 57.6 Å². The number of nitrogens with two attached hydrogens (primary N) is 1.